The highest BCUT2D eigenvalue weighted by Gasteiger charge is 2.40. The van der Waals surface area contributed by atoms with Gasteiger partial charge in [-0.1, -0.05) is 25.1 Å². The summed E-state index contributed by atoms with van der Waals surface area (Å²) in [6.07, 6.45) is 3.74. The normalized spacial score (nSPS) is 15.1. The van der Waals surface area contributed by atoms with Crippen LogP contribution in [0.2, 0.25) is 0 Å². The number of anilines is 2. The second-order valence-corrected chi connectivity index (χ2v) is 5.83. The number of hydrogen-bond donors (Lipinski definition) is 2. The van der Waals surface area contributed by atoms with Crippen LogP contribution in [0.1, 0.15) is 36.7 Å². The summed E-state index contributed by atoms with van der Waals surface area (Å²) < 4.78 is 0. The van der Waals surface area contributed by atoms with Crippen molar-refractivity contribution in [2.45, 2.75) is 26.2 Å². The fourth-order valence-electron chi connectivity index (χ4n) is 2.37. The SMILES string of the molecule is CCC1(CNc2ccc(C(=O)Nc3ccccc3)nn2)CC1. The van der Waals surface area contributed by atoms with E-state index in [4.69, 9.17) is 0 Å². The molecule has 1 aliphatic rings. The van der Waals surface area contributed by atoms with Crippen LogP contribution in [-0.4, -0.2) is 22.6 Å². The van der Waals surface area contributed by atoms with E-state index >= 15 is 0 Å². The van der Waals surface area contributed by atoms with Crippen molar-refractivity contribution in [2.75, 3.05) is 17.2 Å². The van der Waals surface area contributed by atoms with Gasteiger partial charge in [-0.2, -0.15) is 0 Å². The highest BCUT2D eigenvalue weighted by molar-refractivity contribution is 6.02. The lowest BCUT2D eigenvalue weighted by atomic mass is 10.0. The Morgan fingerprint density at radius 3 is 2.50 bits per heavy atom. The van der Waals surface area contributed by atoms with Gasteiger partial charge in [-0.15, -0.1) is 10.2 Å². The van der Waals surface area contributed by atoms with Crippen molar-refractivity contribution in [3.8, 4) is 0 Å². The van der Waals surface area contributed by atoms with Crippen LogP contribution in [0.4, 0.5) is 11.5 Å². The molecule has 0 spiro atoms. The van der Waals surface area contributed by atoms with E-state index in [2.05, 4.69) is 27.8 Å². The maximum Gasteiger partial charge on any atom is 0.276 e. The summed E-state index contributed by atoms with van der Waals surface area (Å²) in [5.74, 6) is 0.466. The van der Waals surface area contributed by atoms with E-state index in [0.717, 1.165) is 18.1 Å². The van der Waals surface area contributed by atoms with Gasteiger partial charge in [-0.05, 0) is 48.9 Å². The minimum Gasteiger partial charge on any atom is -0.368 e. The molecular formula is C17H20N4O. The number of nitrogens with zero attached hydrogens (tertiary/aromatic N) is 2. The molecule has 1 saturated carbocycles. The van der Waals surface area contributed by atoms with Crippen molar-refractivity contribution in [3.63, 3.8) is 0 Å². The highest BCUT2D eigenvalue weighted by atomic mass is 16.1. The molecule has 2 N–H and O–H groups in total. The van der Waals surface area contributed by atoms with Crippen LogP contribution >= 0.6 is 0 Å². The van der Waals surface area contributed by atoms with Gasteiger partial charge in [0.2, 0.25) is 0 Å². The molecule has 0 aliphatic heterocycles. The molecule has 1 aromatic heterocycles. The smallest absolute Gasteiger partial charge is 0.276 e. The lowest BCUT2D eigenvalue weighted by Gasteiger charge is -2.13. The predicted molar refractivity (Wildman–Crippen MR) is 86.9 cm³/mol. The van der Waals surface area contributed by atoms with Crippen LogP contribution in [0.3, 0.4) is 0 Å². The molecule has 5 nitrogen and oxygen atoms in total. The first kappa shape index (κ1) is 14.5. The lowest BCUT2D eigenvalue weighted by molar-refractivity contribution is 0.102. The van der Waals surface area contributed by atoms with E-state index in [0.29, 0.717) is 11.1 Å². The fraction of sp³-hybridized carbons (Fsp3) is 0.353. The molecule has 1 fully saturated rings. The molecule has 1 amide bonds. The summed E-state index contributed by atoms with van der Waals surface area (Å²) in [6.45, 7) is 3.14. The second kappa shape index (κ2) is 6.13. The molecule has 114 valence electrons. The Hall–Kier alpha value is -2.43. The van der Waals surface area contributed by atoms with E-state index in [1.807, 2.05) is 30.3 Å². The van der Waals surface area contributed by atoms with Crippen LogP contribution in [0.25, 0.3) is 0 Å². The number of nitrogens with one attached hydrogen (secondary N) is 2. The third-order valence-electron chi connectivity index (χ3n) is 4.28. The molecule has 1 aliphatic carbocycles. The number of rotatable bonds is 6. The van der Waals surface area contributed by atoms with Gasteiger partial charge in [0.25, 0.3) is 5.91 Å². The van der Waals surface area contributed by atoms with Crippen LogP contribution in [-0.2, 0) is 0 Å². The Kier molecular flexibility index (Phi) is 4.04. The van der Waals surface area contributed by atoms with Gasteiger partial charge < -0.3 is 10.6 Å². The maximum atomic E-state index is 12.1. The average Bonchev–Trinajstić information content (AvgIpc) is 3.35. The van der Waals surface area contributed by atoms with E-state index in [1.165, 1.54) is 19.3 Å². The van der Waals surface area contributed by atoms with E-state index < -0.39 is 0 Å². The second-order valence-electron chi connectivity index (χ2n) is 5.83. The van der Waals surface area contributed by atoms with Gasteiger partial charge in [-0.25, -0.2) is 0 Å². The summed E-state index contributed by atoms with van der Waals surface area (Å²) in [7, 11) is 0. The quantitative estimate of drug-likeness (QED) is 0.858. The standard InChI is InChI=1S/C17H20N4O/c1-2-17(10-11-17)12-18-15-9-8-14(20-21-15)16(22)19-13-6-4-3-5-7-13/h3-9H,2,10-12H2,1H3,(H,18,21)(H,19,22). The molecule has 0 atom stereocenters. The number of benzene rings is 1. The molecule has 0 unspecified atom stereocenters. The molecule has 5 heteroatoms. The molecular weight excluding hydrogens is 276 g/mol. The van der Waals surface area contributed by atoms with E-state index in [1.54, 1.807) is 12.1 Å². The zero-order valence-corrected chi connectivity index (χ0v) is 12.7. The Morgan fingerprint density at radius 1 is 1.14 bits per heavy atom. The Bertz CT molecular complexity index is 635. The maximum absolute atomic E-state index is 12.1. The van der Waals surface area contributed by atoms with Crippen LogP contribution < -0.4 is 10.6 Å². The lowest BCUT2D eigenvalue weighted by Crippen LogP contribution is -2.17. The summed E-state index contributed by atoms with van der Waals surface area (Å²) >= 11 is 0. The van der Waals surface area contributed by atoms with Crippen LogP contribution in [0.5, 0.6) is 0 Å². The average molecular weight is 296 g/mol. The van der Waals surface area contributed by atoms with Gasteiger partial charge in [0, 0.05) is 12.2 Å². The first-order valence-corrected chi connectivity index (χ1v) is 7.65. The third kappa shape index (κ3) is 3.42. The van der Waals surface area contributed by atoms with Crippen LogP contribution in [0.15, 0.2) is 42.5 Å². The van der Waals surface area contributed by atoms with Crippen molar-refractivity contribution < 1.29 is 4.79 Å². The van der Waals surface area contributed by atoms with Gasteiger partial charge in [-0.3, -0.25) is 4.79 Å². The number of para-hydroxylation sites is 1. The van der Waals surface area contributed by atoms with Gasteiger partial charge in [0.05, 0.1) is 0 Å². The number of hydrogen-bond acceptors (Lipinski definition) is 4. The minimum atomic E-state index is -0.252. The number of carbonyl (C=O) groups is 1. The molecule has 0 bridgehead atoms. The third-order valence-corrected chi connectivity index (χ3v) is 4.28. The highest BCUT2D eigenvalue weighted by Crippen LogP contribution is 2.48. The topological polar surface area (TPSA) is 66.9 Å². The first-order chi connectivity index (χ1) is 10.7. The Labute approximate surface area is 130 Å². The zero-order chi connectivity index (χ0) is 15.4. The molecule has 2 aromatic rings. The number of aromatic nitrogens is 2. The Morgan fingerprint density at radius 2 is 1.91 bits per heavy atom. The monoisotopic (exact) mass is 296 g/mol. The summed E-state index contributed by atoms with van der Waals surface area (Å²) in [5, 5.41) is 14.2. The Balaban J connectivity index is 1.58. The van der Waals surface area contributed by atoms with Crippen molar-refractivity contribution in [1.82, 2.24) is 10.2 Å². The molecule has 22 heavy (non-hydrogen) atoms. The van der Waals surface area contributed by atoms with Crippen molar-refractivity contribution >= 4 is 17.4 Å². The van der Waals surface area contributed by atoms with E-state index in [-0.39, 0.29) is 5.91 Å². The molecule has 0 radical (unpaired) electrons. The van der Waals surface area contributed by atoms with E-state index in [9.17, 15) is 4.79 Å². The van der Waals surface area contributed by atoms with Crippen LogP contribution in [0, 0.1) is 5.41 Å². The largest absolute Gasteiger partial charge is 0.368 e. The number of amides is 1. The zero-order valence-electron chi connectivity index (χ0n) is 12.7. The van der Waals surface area contributed by atoms with Gasteiger partial charge in [0.1, 0.15) is 5.82 Å². The van der Waals surface area contributed by atoms with Gasteiger partial charge >= 0.3 is 0 Å². The fourth-order valence-corrected chi connectivity index (χ4v) is 2.37. The molecule has 1 aromatic carbocycles. The number of carbonyl (C=O) groups excluding carboxylic acids is 1. The predicted octanol–water partition coefficient (Wildman–Crippen LogP) is 3.33. The molecule has 3 rings (SSSR count). The summed E-state index contributed by atoms with van der Waals surface area (Å²) in [6, 6.07) is 12.8. The van der Waals surface area contributed by atoms with Gasteiger partial charge in [0.15, 0.2) is 5.69 Å². The van der Waals surface area contributed by atoms with Crippen molar-refractivity contribution in [1.29, 1.82) is 0 Å². The van der Waals surface area contributed by atoms with Crippen molar-refractivity contribution in [2.24, 2.45) is 5.41 Å². The minimum absolute atomic E-state index is 0.252. The summed E-state index contributed by atoms with van der Waals surface area (Å²) in [4.78, 5) is 12.1. The summed E-state index contributed by atoms with van der Waals surface area (Å²) in [5.41, 5.74) is 1.51. The first-order valence-electron chi connectivity index (χ1n) is 7.65. The molecule has 0 saturated heterocycles. The molecule has 1 heterocycles. The van der Waals surface area contributed by atoms with Crippen molar-refractivity contribution in [3.05, 3.63) is 48.2 Å².